The first kappa shape index (κ1) is 15.5. The van der Waals surface area contributed by atoms with Crippen molar-refractivity contribution in [3.8, 4) is 6.07 Å². The Balaban J connectivity index is 1.83. The molecule has 1 N–H and O–H groups in total. The Bertz CT molecular complexity index is 536. The van der Waals surface area contributed by atoms with Gasteiger partial charge in [-0.3, -0.25) is 4.79 Å². The number of nitrogens with one attached hydrogen (secondary N) is 1. The fourth-order valence-corrected chi connectivity index (χ4v) is 3.43. The summed E-state index contributed by atoms with van der Waals surface area (Å²) in [5, 5.41) is 10.9. The Hall–Kier alpha value is -1.87. The van der Waals surface area contributed by atoms with E-state index >= 15 is 0 Å². The number of esters is 1. The first-order valence-electron chi connectivity index (χ1n) is 7.13. The number of nitrogens with zero attached hydrogens (tertiary/aromatic N) is 1. The van der Waals surface area contributed by atoms with Crippen LogP contribution in [-0.2, 0) is 22.4 Å². The standard InChI is InChI=1S/C15H18N2O3S/c16-7-4-8-17-14(18)10-20-15(19)13-9-11-5-2-1-3-6-12(11)21-13/h9H,1-6,8,10H2,(H,17,18). The molecule has 2 rings (SSSR count). The van der Waals surface area contributed by atoms with E-state index in [0.717, 1.165) is 12.8 Å². The van der Waals surface area contributed by atoms with E-state index < -0.39 is 5.97 Å². The molecule has 0 bridgehead atoms. The van der Waals surface area contributed by atoms with Crippen LogP contribution in [0.4, 0.5) is 0 Å². The second kappa shape index (κ2) is 7.79. The minimum Gasteiger partial charge on any atom is -0.451 e. The van der Waals surface area contributed by atoms with Crippen molar-refractivity contribution in [3.05, 3.63) is 21.4 Å². The van der Waals surface area contributed by atoms with Crippen molar-refractivity contribution in [2.75, 3.05) is 13.2 Å². The summed E-state index contributed by atoms with van der Waals surface area (Å²) in [5.74, 6) is -0.819. The summed E-state index contributed by atoms with van der Waals surface area (Å²) in [6, 6.07) is 3.83. The van der Waals surface area contributed by atoms with Crippen LogP contribution in [0, 0.1) is 11.3 Å². The zero-order valence-electron chi connectivity index (χ0n) is 11.8. The van der Waals surface area contributed by atoms with E-state index in [4.69, 9.17) is 10.00 Å². The number of aryl methyl sites for hydroxylation is 2. The number of nitriles is 1. The predicted molar refractivity (Wildman–Crippen MR) is 79.1 cm³/mol. The van der Waals surface area contributed by atoms with Gasteiger partial charge in [-0.05, 0) is 37.3 Å². The van der Waals surface area contributed by atoms with Gasteiger partial charge >= 0.3 is 5.97 Å². The number of thiophene rings is 1. The van der Waals surface area contributed by atoms with Crippen molar-refractivity contribution in [1.82, 2.24) is 5.32 Å². The van der Waals surface area contributed by atoms with Crippen molar-refractivity contribution in [2.24, 2.45) is 0 Å². The summed E-state index contributed by atoms with van der Waals surface area (Å²) >= 11 is 1.48. The SMILES string of the molecule is N#CCCNC(=O)COC(=O)c1cc2c(s1)CCCCC2. The second-order valence-electron chi connectivity index (χ2n) is 4.95. The van der Waals surface area contributed by atoms with E-state index in [-0.39, 0.29) is 25.5 Å². The summed E-state index contributed by atoms with van der Waals surface area (Å²) in [5.41, 5.74) is 1.25. The van der Waals surface area contributed by atoms with Gasteiger partial charge in [0.1, 0.15) is 4.88 Å². The van der Waals surface area contributed by atoms with Gasteiger partial charge in [0, 0.05) is 11.4 Å². The lowest BCUT2D eigenvalue weighted by molar-refractivity contribution is -0.124. The molecule has 112 valence electrons. The van der Waals surface area contributed by atoms with Crippen molar-refractivity contribution >= 4 is 23.2 Å². The van der Waals surface area contributed by atoms with Gasteiger partial charge in [-0.1, -0.05) is 6.42 Å². The molecule has 0 unspecified atom stereocenters. The molecular formula is C15H18N2O3S. The zero-order valence-corrected chi connectivity index (χ0v) is 12.6. The number of hydrogen-bond acceptors (Lipinski definition) is 5. The Morgan fingerprint density at radius 3 is 2.95 bits per heavy atom. The highest BCUT2D eigenvalue weighted by Crippen LogP contribution is 2.29. The second-order valence-corrected chi connectivity index (χ2v) is 6.09. The van der Waals surface area contributed by atoms with Gasteiger partial charge in [-0.15, -0.1) is 11.3 Å². The molecule has 0 aliphatic heterocycles. The van der Waals surface area contributed by atoms with Crippen LogP contribution in [0.2, 0.25) is 0 Å². The number of carbonyl (C=O) groups excluding carboxylic acids is 2. The first-order chi connectivity index (χ1) is 10.2. The summed E-state index contributed by atoms with van der Waals surface area (Å²) in [4.78, 5) is 25.2. The van der Waals surface area contributed by atoms with E-state index in [1.807, 2.05) is 12.1 Å². The lowest BCUT2D eigenvalue weighted by Gasteiger charge is -2.03. The van der Waals surface area contributed by atoms with Gasteiger partial charge in [-0.2, -0.15) is 5.26 Å². The molecule has 0 saturated heterocycles. The largest absolute Gasteiger partial charge is 0.451 e. The van der Waals surface area contributed by atoms with E-state index in [9.17, 15) is 9.59 Å². The van der Waals surface area contributed by atoms with Crippen LogP contribution in [0.25, 0.3) is 0 Å². The van der Waals surface area contributed by atoms with Crippen molar-refractivity contribution < 1.29 is 14.3 Å². The lowest BCUT2D eigenvalue weighted by atomic mass is 10.1. The van der Waals surface area contributed by atoms with E-state index in [1.54, 1.807) is 0 Å². The summed E-state index contributed by atoms with van der Waals surface area (Å²) in [7, 11) is 0. The first-order valence-corrected chi connectivity index (χ1v) is 7.94. The van der Waals surface area contributed by atoms with Crippen LogP contribution in [0.3, 0.4) is 0 Å². The fraction of sp³-hybridized carbons (Fsp3) is 0.533. The average Bonchev–Trinajstić information content (AvgIpc) is 2.76. The summed E-state index contributed by atoms with van der Waals surface area (Å²) in [6.07, 6.45) is 5.87. The molecule has 0 radical (unpaired) electrons. The third-order valence-electron chi connectivity index (χ3n) is 3.34. The van der Waals surface area contributed by atoms with E-state index in [1.165, 1.54) is 41.0 Å². The van der Waals surface area contributed by atoms with Crippen molar-refractivity contribution in [2.45, 2.75) is 38.5 Å². The third kappa shape index (κ3) is 4.57. The Morgan fingerprint density at radius 1 is 1.33 bits per heavy atom. The van der Waals surface area contributed by atoms with Crippen molar-refractivity contribution in [1.29, 1.82) is 5.26 Å². The Labute approximate surface area is 127 Å². The monoisotopic (exact) mass is 306 g/mol. The highest BCUT2D eigenvalue weighted by atomic mass is 32.1. The van der Waals surface area contributed by atoms with Crippen LogP contribution in [-0.4, -0.2) is 25.0 Å². The number of rotatable bonds is 5. The van der Waals surface area contributed by atoms with Gasteiger partial charge in [-0.25, -0.2) is 4.79 Å². The predicted octanol–water partition coefficient (Wildman–Crippen LogP) is 2.20. The number of hydrogen-bond donors (Lipinski definition) is 1. The number of ether oxygens (including phenoxy) is 1. The molecule has 1 aromatic heterocycles. The maximum absolute atomic E-state index is 11.9. The maximum Gasteiger partial charge on any atom is 0.348 e. The van der Waals surface area contributed by atoms with Crippen LogP contribution >= 0.6 is 11.3 Å². The molecule has 5 nitrogen and oxygen atoms in total. The molecule has 1 aliphatic rings. The van der Waals surface area contributed by atoms with Crippen molar-refractivity contribution in [3.63, 3.8) is 0 Å². The minimum atomic E-state index is -0.441. The quantitative estimate of drug-likeness (QED) is 0.514. The van der Waals surface area contributed by atoms with Crippen LogP contribution in [0.15, 0.2) is 6.07 Å². The topological polar surface area (TPSA) is 79.2 Å². The highest BCUT2D eigenvalue weighted by Gasteiger charge is 2.18. The Kier molecular flexibility index (Phi) is 5.76. The average molecular weight is 306 g/mol. The van der Waals surface area contributed by atoms with Crippen LogP contribution < -0.4 is 5.32 Å². The van der Waals surface area contributed by atoms with E-state index in [2.05, 4.69) is 5.32 Å². The van der Waals surface area contributed by atoms with E-state index in [0.29, 0.717) is 4.88 Å². The maximum atomic E-state index is 11.9. The van der Waals surface area contributed by atoms with Gasteiger partial charge in [0.2, 0.25) is 0 Å². The molecule has 1 aliphatic carbocycles. The molecule has 0 fully saturated rings. The molecule has 21 heavy (non-hydrogen) atoms. The molecule has 0 aromatic carbocycles. The summed E-state index contributed by atoms with van der Waals surface area (Å²) in [6.45, 7) is -0.0208. The summed E-state index contributed by atoms with van der Waals surface area (Å²) < 4.78 is 5.01. The van der Waals surface area contributed by atoms with Gasteiger partial charge in [0.05, 0.1) is 12.5 Å². The fourth-order valence-electron chi connectivity index (χ4n) is 2.28. The van der Waals surface area contributed by atoms with Gasteiger partial charge in [0.25, 0.3) is 5.91 Å². The Morgan fingerprint density at radius 2 is 2.14 bits per heavy atom. The number of carbonyl (C=O) groups is 2. The smallest absolute Gasteiger partial charge is 0.348 e. The number of fused-ring (bicyclic) bond motifs is 1. The third-order valence-corrected chi connectivity index (χ3v) is 4.56. The molecule has 6 heteroatoms. The van der Waals surface area contributed by atoms with Gasteiger partial charge in [0.15, 0.2) is 6.61 Å². The normalized spacial score (nSPS) is 13.7. The minimum absolute atomic E-state index is 0.247. The van der Waals surface area contributed by atoms with Gasteiger partial charge < -0.3 is 10.1 Å². The number of amides is 1. The highest BCUT2D eigenvalue weighted by molar-refractivity contribution is 7.14. The zero-order chi connectivity index (χ0) is 15.1. The molecule has 1 heterocycles. The molecule has 0 spiro atoms. The molecular weight excluding hydrogens is 288 g/mol. The van der Waals surface area contributed by atoms with Crippen LogP contribution in [0.1, 0.15) is 45.8 Å². The molecule has 1 aromatic rings. The van der Waals surface area contributed by atoms with Crippen LogP contribution in [0.5, 0.6) is 0 Å². The lowest BCUT2D eigenvalue weighted by Crippen LogP contribution is -2.29. The molecule has 0 atom stereocenters. The molecule has 1 amide bonds. The molecule has 0 saturated carbocycles.